The van der Waals surface area contributed by atoms with Gasteiger partial charge in [-0.2, -0.15) is 13.2 Å². The molecule has 0 unspecified atom stereocenters. The molecule has 0 aliphatic heterocycles. The number of hydrogen-bond acceptors (Lipinski definition) is 1. The first-order valence-electron chi connectivity index (χ1n) is 6.72. The largest absolute Gasteiger partial charge is 0.416 e. The van der Waals surface area contributed by atoms with E-state index in [0.29, 0.717) is 12.1 Å². The predicted molar refractivity (Wildman–Crippen MR) is 79.9 cm³/mol. The van der Waals surface area contributed by atoms with Gasteiger partial charge < -0.3 is 4.57 Å². The maximum atomic E-state index is 12.7. The first kappa shape index (κ1) is 14.9. The van der Waals surface area contributed by atoms with Crippen molar-refractivity contribution < 1.29 is 13.2 Å². The minimum atomic E-state index is -4.38. The average molecular weight is 325 g/mol. The Kier molecular flexibility index (Phi) is 3.83. The molecule has 3 rings (SSSR count). The third kappa shape index (κ3) is 2.95. The maximum Gasteiger partial charge on any atom is 0.416 e. The van der Waals surface area contributed by atoms with E-state index in [1.807, 2.05) is 30.3 Å². The van der Waals surface area contributed by atoms with Crippen LogP contribution in [0.5, 0.6) is 0 Å². The monoisotopic (exact) mass is 324 g/mol. The number of hydrogen-bond donors (Lipinski definition) is 0. The first-order valence-corrected chi connectivity index (χ1v) is 7.10. The van der Waals surface area contributed by atoms with Crippen molar-refractivity contribution in [1.82, 2.24) is 9.55 Å². The van der Waals surface area contributed by atoms with Gasteiger partial charge in [-0.1, -0.05) is 30.3 Å². The lowest BCUT2D eigenvalue weighted by atomic mass is 10.1. The second-order valence-corrected chi connectivity index (χ2v) is 5.31. The molecule has 2 aromatic carbocycles. The summed E-state index contributed by atoms with van der Waals surface area (Å²) in [5.74, 6) is 0. The van der Waals surface area contributed by atoms with Gasteiger partial charge in [-0.05, 0) is 41.8 Å². The lowest BCUT2D eigenvalue weighted by Crippen LogP contribution is -2.05. The topological polar surface area (TPSA) is 17.8 Å². The quantitative estimate of drug-likeness (QED) is 0.666. The number of aryl methyl sites for hydroxylation is 2. The highest BCUT2D eigenvalue weighted by Crippen LogP contribution is 2.32. The van der Waals surface area contributed by atoms with E-state index in [4.69, 9.17) is 11.6 Å². The third-order valence-electron chi connectivity index (χ3n) is 3.50. The summed E-state index contributed by atoms with van der Waals surface area (Å²) in [6.07, 6.45) is -3.65. The molecule has 0 amide bonds. The van der Waals surface area contributed by atoms with Crippen molar-refractivity contribution >= 4 is 22.6 Å². The summed E-state index contributed by atoms with van der Waals surface area (Å²) in [4.78, 5) is 4.03. The summed E-state index contributed by atoms with van der Waals surface area (Å²) in [5, 5.41) is 0.199. The van der Waals surface area contributed by atoms with Crippen LogP contribution in [0.25, 0.3) is 11.0 Å². The fraction of sp³-hybridized carbons (Fsp3) is 0.188. The van der Waals surface area contributed by atoms with Crippen LogP contribution in [0.15, 0.2) is 48.5 Å². The Morgan fingerprint density at radius 2 is 1.77 bits per heavy atom. The van der Waals surface area contributed by atoms with E-state index in [9.17, 15) is 13.2 Å². The van der Waals surface area contributed by atoms with Crippen LogP contribution in [0.1, 0.15) is 11.1 Å². The van der Waals surface area contributed by atoms with Crippen LogP contribution in [0, 0.1) is 0 Å². The van der Waals surface area contributed by atoms with Gasteiger partial charge in [0.15, 0.2) is 0 Å². The molecule has 22 heavy (non-hydrogen) atoms. The normalized spacial score (nSPS) is 12.0. The fourth-order valence-electron chi connectivity index (χ4n) is 2.37. The Labute approximate surface area is 130 Å². The van der Waals surface area contributed by atoms with Crippen LogP contribution in [0.4, 0.5) is 13.2 Å². The standard InChI is InChI=1S/C16H12ClF3N2/c17-15-21-13-10-12(16(18,19)20)6-7-14(13)22(15)9-8-11-4-2-1-3-5-11/h1-7,10H,8-9H2. The third-order valence-corrected chi connectivity index (χ3v) is 3.78. The molecule has 0 atom stereocenters. The minimum Gasteiger partial charge on any atom is -0.314 e. The summed E-state index contributed by atoms with van der Waals surface area (Å²) >= 11 is 6.07. The van der Waals surface area contributed by atoms with E-state index in [2.05, 4.69) is 4.98 Å². The number of halogens is 4. The van der Waals surface area contributed by atoms with Crippen molar-refractivity contribution in [3.8, 4) is 0 Å². The molecule has 3 aromatic rings. The van der Waals surface area contributed by atoms with Crippen molar-refractivity contribution in [2.45, 2.75) is 19.1 Å². The number of alkyl halides is 3. The molecule has 0 radical (unpaired) electrons. The smallest absolute Gasteiger partial charge is 0.314 e. The van der Waals surface area contributed by atoms with Gasteiger partial charge in [0.2, 0.25) is 5.28 Å². The van der Waals surface area contributed by atoms with Crippen molar-refractivity contribution in [3.63, 3.8) is 0 Å². The van der Waals surface area contributed by atoms with Crippen molar-refractivity contribution in [2.75, 3.05) is 0 Å². The second-order valence-electron chi connectivity index (χ2n) is 4.97. The van der Waals surface area contributed by atoms with Gasteiger partial charge in [-0.25, -0.2) is 4.98 Å². The Balaban J connectivity index is 1.91. The predicted octanol–water partition coefficient (Wildman–Crippen LogP) is 4.95. The number of imidazole rings is 1. The number of nitrogens with zero attached hydrogens (tertiary/aromatic N) is 2. The van der Waals surface area contributed by atoms with E-state index in [-0.39, 0.29) is 10.8 Å². The summed E-state index contributed by atoms with van der Waals surface area (Å²) < 4.78 is 39.9. The maximum absolute atomic E-state index is 12.7. The summed E-state index contributed by atoms with van der Waals surface area (Å²) in [7, 11) is 0. The second kappa shape index (κ2) is 5.65. The van der Waals surface area contributed by atoms with Gasteiger partial charge in [0, 0.05) is 6.54 Å². The fourth-order valence-corrected chi connectivity index (χ4v) is 2.64. The molecule has 1 heterocycles. The lowest BCUT2D eigenvalue weighted by Gasteiger charge is -2.08. The highest BCUT2D eigenvalue weighted by Gasteiger charge is 2.31. The van der Waals surface area contributed by atoms with Crippen LogP contribution in [0.2, 0.25) is 5.28 Å². The molecular weight excluding hydrogens is 313 g/mol. The van der Waals surface area contributed by atoms with E-state index in [1.165, 1.54) is 6.07 Å². The first-order chi connectivity index (χ1) is 10.4. The SMILES string of the molecule is FC(F)(F)c1ccc2c(c1)nc(Cl)n2CCc1ccccc1. The number of rotatable bonds is 3. The van der Waals surface area contributed by atoms with Crippen molar-refractivity contribution in [3.05, 3.63) is 64.9 Å². The van der Waals surface area contributed by atoms with Gasteiger partial charge in [-0.3, -0.25) is 0 Å². The molecule has 6 heteroatoms. The van der Waals surface area contributed by atoms with E-state index >= 15 is 0 Å². The van der Waals surface area contributed by atoms with Gasteiger partial charge in [0.1, 0.15) is 0 Å². The van der Waals surface area contributed by atoms with Gasteiger partial charge in [-0.15, -0.1) is 0 Å². The number of fused-ring (bicyclic) bond motifs is 1. The van der Waals surface area contributed by atoms with E-state index in [1.54, 1.807) is 4.57 Å². The highest BCUT2D eigenvalue weighted by atomic mass is 35.5. The van der Waals surface area contributed by atoms with E-state index < -0.39 is 11.7 Å². The van der Waals surface area contributed by atoms with Crippen LogP contribution >= 0.6 is 11.6 Å². The van der Waals surface area contributed by atoms with Crippen LogP contribution in [0.3, 0.4) is 0 Å². The Morgan fingerprint density at radius 1 is 1.05 bits per heavy atom. The molecule has 0 N–H and O–H groups in total. The zero-order chi connectivity index (χ0) is 15.7. The van der Waals surface area contributed by atoms with Gasteiger partial charge >= 0.3 is 6.18 Å². The van der Waals surface area contributed by atoms with E-state index in [0.717, 1.165) is 24.1 Å². The Bertz CT molecular complexity index is 794. The number of aromatic nitrogens is 2. The zero-order valence-electron chi connectivity index (χ0n) is 11.4. The summed E-state index contributed by atoms with van der Waals surface area (Å²) in [6, 6.07) is 13.3. The molecule has 0 spiro atoms. The molecule has 0 aliphatic rings. The molecule has 0 fully saturated rings. The lowest BCUT2D eigenvalue weighted by molar-refractivity contribution is -0.137. The molecule has 0 bridgehead atoms. The van der Waals surface area contributed by atoms with Crippen molar-refractivity contribution in [2.24, 2.45) is 0 Å². The molecule has 0 aliphatic carbocycles. The highest BCUT2D eigenvalue weighted by molar-refractivity contribution is 6.29. The molecule has 2 nitrogen and oxygen atoms in total. The zero-order valence-corrected chi connectivity index (χ0v) is 12.2. The Hall–Kier alpha value is -2.01. The summed E-state index contributed by atoms with van der Waals surface area (Å²) in [5.41, 5.74) is 1.28. The van der Waals surface area contributed by atoms with Crippen LogP contribution in [-0.4, -0.2) is 9.55 Å². The number of benzene rings is 2. The van der Waals surface area contributed by atoms with Gasteiger partial charge in [0.05, 0.1) is 16.6 Å². The van der Waals surface area contributed by atoms with Crippen molar-refractivity contribution in [1.29, 1.82) is 0 Å². The molecular formula is C16H12ClF3N2. The average Bonchev–Trinajstić information content (AvgIpc) is 2.80. The van der Waals surface area contributed by atoms with Crippen LogP contribution < -0.4 is 0 Å². The van der Waals surface area contributed by atoms with Crippen LogP contribution in [-0.2, 0) is 19.1 Å². The molecule has 114 valence electrons. The Morgan fingerprint density at radius 3 is 2.45 bits per heavy atom. The molecule has 0 saturated carbocycles. The summed E-state index contributed by atoms with van der Waals surface area (Å²) in [6.45, 7) is 0.560. The molecule has 0 saturated heterocycles. The van der Waals surface area contributed by atoms with Gasteiger partial charge in [0.25, 0.3) is 0 Å². The minimum absolute atomic E-state index is 0.199. The molecule has 1 aromatic heterocycles.